The average Bonchev–Trinajstić information content (AvgIpc) is 3.56. The number of anilines is 1. The lowest BCUT2D eigenvalue weighted by atomic mass is 10.1. The average molecular weight is 496 g/mol. The Hall–Kier alpha value is -3.21. The maximum Gasteiger partial charge on any atom is 0.273 e. The number of β-amino-alcohol motifs (C(OH)–C–C–N with tert-alkyl or cyclic N) is 1. The van der Waals surface area contributed by atoms with Gasteiger partial charge in [0.1, 0.15) is 23.3 Å². The number of carbonyl (C=O) groups is 1. The number of hydrogen-bond acceptors (Lipinski definition) is 8. The van der Waals surface area contributed by atoms with Crippen LogP contribution in [0.1, 0.15) is 35.0 Å². The Morgan fingerprint density at radius 1 is 1.34 bits per heavy atom. The Kier molecular flexibility index (Phi) is 6.35. The van der Waals surface area contributed by atoms with Crippen LogP contribution < -0.4 is 10.1 Å². The molecule has 35 heavy (non-hydrogen) atoms. The van der Waals surface area contributed by atoms with Crippen molar-refractivity contribution < 1.29 is 19.4 Å². The van der Waals surface area contributed by atoms with Gasteiger partial charge in [0, 0.05) is 42.7 Å². The number of thiophene rings is 1. The number of fused-ring (bicyclic) bond motifs is 2. The Labute approximate surface area is 207 Å². The lowest BCUT2D eigenvalue weighted by molar-refractivity contribution is 0.0748. The molecule has 0 radical (unpaired) electrons. The van der Waals surface area contributed by atoms with Crippen molar-refractivity contribution in [2.24, 2.45) is 0 Å². The highest BCUT2D eigenvalue weighted by molar-refractivity contribution is 7.22. The smallest absolute Gasteiger partial charge is 0.273 e. The monoisotopic (exact) mass is 495 g/mol. The lowest BCUT2D eigenvalue weighted by Gasteiger charge is -2.16. The minimum absolute atomic E-state index is 0.173. The van der Waals surface area contributed by atoms with Gasteiger partial charge >= 0.3 is 0 Å². The van der Waals surface area contributed by atoms with E-state index in [9.17, 15) is 9.90 Å². The van der Waals surface area contributed by atoms with E-state index >= 15 is 0 Å². The second kappa shape index (κ2) is 9.44. The highest BCUT2D eigenvalue weighted by Gasteiger charge is 2.33. The Morgan fingerprint density at radius 3 is 2.86 bits per heavy atom. The molecule has 10 heteroatoms. The molecule has 9 nitrogen and oxygen atoms in total. The fourth-order valence-electron chi connectivity index (χ4n) is 4.77. The molecule has 0 spiro atoms. The van der Waals surface area contributed by atoms with Gasteiger partial charge in [-0.3, -0.25) is 4.79 Å². The van der Waals surface area contributed by atoms with Gasteiger partial charge in [0.15, 0.2) is 5.82 Å². The number of hydrogen-bond donors (Lipinski definition) is 2. The molecular weight excluding hydrogens is 466 g/mol. The Morgan fingerprint density at radius 2 is 2.17 bits per heavy atom. The van der Waals surface area contributed by atoms with Gasteiger partial charge in [0.2, 0.25) is 0 Å². The molecule has 2 N–H and O–H groups in total. The molecule has 1 aliphatic rings. The standard InChI is InChI=1S/C25H29N5O4S/c1-5-34-12-17-20(19-10-15-8-14(2)9-18(33-4)23(15)35-19)22-24(26-3)27-13-28-30(22)21(17)25(32)29-7-6-16(31)11-29/h8-10,13,16,31H,5-7,11-12H2,1-4H3,(H,26,27,28). The van der Waals surface area contributed by atoms with Crippen molar-refractivity contribution >= 4 is 38.7 Å². The Bertz CT molecular complexity index is 1410. The van der Waals surface area contributed by atoms with Crippen molar-refractivity contribution in [3.05, 3.63) is 41.3 Å². The van der Waals surface area contributed by atoms with Gasteiger partial charge in [-0.2, -0.15) is 5.10 Å². The fraction of sp³-hybridized carbons (Fsp3) is 0.400. The molecule has 5 rings (SSSR count). The van der Waals surface area contributed by atoms with Crippen LogP contribution in [0.4, 0.5) is 5.82 Å². The molecule has 0 aliphatic carbocycles. The normalized spacial score (nSPS) is 15.9. The van der Waals surface area contributed by atoms with E-state index in [2.05, 4.69) is 27.5 Å². The molecule has 184 valence electrons. The summed E-state index contributed by atoms with van der Waals surface area (Å²) in [4.78, 5) is 20.9. The van der Waals surface area contributed by atoms with Gasteiger partial charge < -0.3 is 24.8 Å². The largest absolute Gasteiger partial charge is 0.495 e. The van der Waals surface area contributed by atoms with Crippen LogP contribution in [0.2, 0.25) is 0 Å². The minimum Gasteiger partial charge on any atom is -0.495 e. The molecule has 0 bridgehead atoms. The van der Waals surface area contributed by atoms with Crippen molar-refractivity contribution in [1.82, 2.24) is 19.5 Å². The zero-order valence-electron chi connectivity index (χ0n) is 20.3. The number of rotatable bonds is 7. The third-order valence-corrected chi connectivity index (χ3v) is 7.54. The van der Waals surface area contributed by atoms with Crippen LogP contribution in [-0.2, 0) is 11.3 Å². The van der Waals surface area contributed by atoms with Crippen LogP contribution in [0.5, 0.6) is 5.75 Å². The molecule has 4 heterocycles. The number of carbonyl (C=O) groups excluding carboxylic acids is 1. The van der Waals surface area contributed by atoms with E-state index in [4.69, 9.17) is 9.47 Å². The molecule has 1 unspecified atom stereocenters. The molecule has 1 fully saturated rings. The summed E-state index contributed by atoms with van der Waals surface area (Å²) in [5, 5.41) is 18.8. The highest BCUT2D eigenvalue weighted by Crippen LogP contribution is 2.45. The first-order chi connectivity index (χ1) is 17.0. The zero-order valence-corrected chi connectivity index (χ0v) is 21.1. The van der Waals surface area contributed by atoms with Crippen molar-refractivity contribution in [1.29, 1.82) is 0 Å². The highest BCUT2D eigenvalue weighted by atomic mass is 32.1. The topological polar surface area (TPSA) is 101 Å². The number of likely N-dealkylation sites (tertiary alicyclic amines) is 1. The van der Waals surface area contributed by atoms with Gasteiger partial charge in [0.05, 0.1) is 24.5 Å². The van der Waals surface area contributed by atoms with Gasteiger partial charge in [-0.05, 0) is 43.4 Å². The van der Waals surface area contributed by atoms with E-state index in [0.29, 0.717) is 37.6 Å². The summed E-state index contributed by atoms with van der Waals surface area (Å²) in [6, 6.07) is 6.28. The van der Waals surface area contributed by atoms with Crippen molar-refractivity contribution in [2.45, 2.75) is 33.0 Å². The molecular formula is C25H29N5O4S. The number of methoxy groups -OCH3 is 1. The van der Waals surface area contributed by atoms with E-state index < -0.39 is 6.10 Å². The van der Waals surface area contributed by atoms with Crippen molar-refractivity contribution in [3.63, 3.8) is 0 Å². The SMILES string of the molecule is CCOCc1c(-c2cc3cc(C)cc(OC)c3s2)c2c(NC)ncnn2c1C(=O)N1CCC(O)C1. The molecule has 1 atom stereocenters. The van der Waals surface area contributed by atoms with Gasteiger partial charge in [-0.25, -0.2) is 9.50 Å². The van der Waals surface area contributed by atoms with Gasteiger partial charge in [0.25, 0.3) is 5.91 Å². The molecule has 1 amide bonds. The van der Waals surface area contributed by atoms with Crippen LogP contribution in [0.25, 0.3) is 26.0 Å². The number of aliphatic hydroxyl groups excluding tert-OH is 1. The van der Waals surface area contributed by atoms with Crippen LogP contribution in [-0.4, -0.2) is 70.5 Å². The first-order valence-corrected chi connectivity index (χ1v) is 12.5. The lowest BCUT2D eigenvalue weighted by Crippen LogP contribution is -2.31. The third-order valence-electron chi connectivity index (χ3n) is 6.36. The van der Waals surface area contributed by atoms with E-state index in [0.717, 1.165) is 42.9 Å². The zero-order chi connectivity index (χ0) is 24.7. The maximum absolute atomic E-state index is 13.8. The number of benzene rings is 1. The predicted octanol–water partition coefficient (Wildman–Crippen LogP) is 3.71. The summed E-state index contributed by atoms with van der Waals surface area (Å²) >= 11 is 1.61. The summed E-state index contributed by atoms with van der Waals surface area (Å²) in [5.74, 6) is 1.26. The molecule has 4 aromatic rings. The summed E-state index contributed by atoms with van der Waals surface area (Å²) in [5.41, 5.74) is 3.90. The van der Waals surface area contributed by atoms with E-state index in [1.807, 2.05) is 19.9 Å². The number of nitrogens with zero attached hydrogens (tertiary/aromatic N) is 4. The van der Waals surface area contributed by atoms with E-state index in [1.165, 1.54) is 6.33 Å². The van der Waals surface area contributed by atoms with Crippen LogP contribution in [0.15, 0.2) is 24.5 Å². The second-order valence-electron chi connectivity index (χ2n) is 8.65. The van der Waals surface area contributed by atoms with Crippen LogP contribution in [0.3, 0.4) is 0 Å². The second-order valence-corrected chi connectivity index (χ2v) is 9.70. The quantitative estimate of drug-likeness (QED) is 0.403. The number of nitrogens with one attached hydrogen (secondary N) is 1. The number of amides is 1. The summed E-state index contributed by atoms with van der Waals surface area (Å²) < 4.78 is 14.2. The van der Waals surface area contributed by atoms with Gasteiger partial charge in [-0.1, -0.05) is 6.07 Å². The van der Waals surface area contributed by atoms with Crippen molar-refractivity contribution in [2.75, 3.05) is 39.2 Å². The Balaban J connectivity index is 1.81. The number of ether oxygens (including phenoxy) is 2. The van der Waals surface area contributed by atoms with E-state index in [1.54, 1.807) is 34.9 Å². The fourth-order valence-corrected chi connectivity index (χ4v) is 5.97. The molecule has 3 aromatic heterocycles. The van der Waals surface area contributed by atoms with Crippen LogP contribution >= 0.6 is 11.3 Å². The summed E-state index contributed by atoms with van der Waals surface area (Å²) in [6.07, 6.45) is 1.50. The molecule has 0 saturated carbocycles. The first-order valence-electron chi connectivity index (χ1n) is 11.7. The third kappa shape index (κ3) is 4.01. The van der Waals surface area contributed by atoms with Gasteiger partial charge in [-0.15, -0.1) is 11.3 Å². The minimum atomic E-state index is -0.513. The molecule has 1 saturated heterocycles. The number of aromatic nitrogens is 3. The summed E-state index contributed by atoms with van der Waals surface area (Å²) in [6.45, 7) is 5.53. The predicted molar refractivity (Wildman–Crippen MR) is 136 cm³/mol. The molecule has 1 aliphatic heterocycles. The molecule has 1 aromatic carbocycles. The first kappa shape index (κ1) is 23.5. The van der Waals surface area contributed by atoms with Crippen molar-refractivity contribution in [3.8, 4) is 16.2 Å². The number of aliphatic hydroxyl groups is 1. The van der Waals surface area contributed by atoms with E-state index in [-0.39, 0.29) is 12.5 Å². The summed E-state index contributed by atoms with van der Waals surface area (Å²) in [7, 11) is 3.48. The number of aryl methyl sites for hydroxylation is 1. The maximum atomic E-state index is 13.8. The van der Waals surface area contributed by atoms with Crippen LogP contribution in [0, 0.1) is 6.92 Å².